The molecule has 0 saturated carbocycles. The van der Waals surface area contributed by atoms with E-state index < -0.39 is 0 Å². The summed E-state index contributed by atoms with van der Waals surface area (Å²) in [6.45, 7) is 2.45. The standard InChI is InChI=1S/C24H21NOS2/c1-16(5-4-10-26)17-8-9-19-11-21(27-23(19)13-17)12-20(15-25)24-14-18-6-2-3-7-22(18)28-24/h2-3,6-9,11-14,16,26H,4-5,10H2,1H3/b20-12+. The Kier molecular flexibility index (Phi) is 5.59. The third-order valence-electron chi connectivity index (χ3n) is 5.03. The quantitative estimate of drug-likeness (QED) is 0.350. The Balaban J connectivity index is 1.66. The van der Waals surface area contributed by atoms with Crippen LogP contribution in [0.15, 0.2) is 54.6 Å². The number of aliphatic hydroxyl groups excluding tert-OH is 1. The second-order valence-corrected chi connectivity index (χ2v) is 9.23. The third-order valence-corrected chi connectivity index (χ3v) is 7.22. The van der Waals surface area contributed by atoms with E-state index in [0.29, 0.717) is 11.5 Å². The molecule has 2 aromatic heterocycles. The van der Waals surface area contributed by atoms with E-state index in [0.717, 1.165) is 22.6 Å². The summed E-state index contributed by atoms with van der Waals surface area (Å²) in [5, 5.41) is 21.2. The number of nitrogens with zero attached hydrogens (tertiary/aromatic N) is 1. The largest absolute Gasteiger partial charge is 0.396 e. The van der Waals surface area contributed by atoms with E-state index in [1.54, 1.807) is 22.7 Å². The summed E-state index contributed by atoms with van der Waals surface area (Å²) in [5.74, 6) is 0.436. The molecule has 0 bridgehead atoms. The van der Waals surface area contributed by atoms with Gasteiger partial charge in [-0.1, -0.05) is 37.3 Å². The molecule has 2 heterocycles. The summed E-state index contributed by atoms with van der Waals surface area (Å²) >= 11 is 3.39. The highest BCUT2D eigenvalue weighted by atomic mass is 32.1. The van der Waals surface area contributed by atoms with Crippen molar-refractivity contribution in [3.05, 3.63) is 69.9 Å². The minimum absolute atomic E-state index is 0.245. The second-order valence-electron chi connectivity index (χ2n) is 7.03. The summed E-state index contributed by atoms with van der Waals surface area (Å²) in [6, 6.07) is 21.5. The van der Waals surface area contributed by atoms with Crippen LogP contribution in [0.3, 0.4) is 0 Å². The maximum absolute atomic E-state index is 9.71. The van der Waals surface area contributed by atoms with E-state index in [-0.39, 0.29) is 6.61 Å². The van der Waals surface area contributed by atoms with Crippen molar-refractivity contribution in [1.29, 1.82) is 5.26 Å². The average Bonchev–Trinajstić information content (AvgIpc) is 3.32. The molecular formula is C24H21NOS2. The fraction of sp³-hybridized carbons (Fsp3) is 0.208. The van der Waals surface area contributed by atoms with Crippen molar-refractivity contribution in [1.82, 2.24) is 0 Å². The summed E-state index contributed by atoms with van der Waals surface area (Å²) in [4.78, 5) is 2.11. The lowest BCUT2D eigenvalue weighted by atomic mass is 9.96. The second kappa shape index (κ2) is 8.28. The zero-order valence-corrected chi connectivity index (χ0v) is 17.3. The van der Waals surface area contributed by atoms with E-state index in [1.165, 1.54) is 25.7 Å². The van der Waals surface area contributed by atoms with Gasteiger partial charge in [0.15, 0.2) is 0 Å². The van der Waals surface area contributed by atoms with E-state index in [4.69, 9.17) is 5.11 Å². The SMILES string of the molecule is CC(CCCO)c1ccc2cc(/C=C(\C#N)c3cc4ccccc4s3)sc2c1. The maximum Gasteiger partial charge on any atom is 0.101 e. The van der Waals surface area contributed by atoms with Gasteiger partial charge in [-0.3, -0.25) is 0 Å². The Morgan fingerprint density at radius 3 is 2.68 bits per heavy atom. The molecule has 28 heavy (non-hydrogen) atoms. The molecular weight excluding hydrogens is 382 g/mol. The van der Waals surface area contributed by atoms with Gasteiger partial charge in [-0.2, -0.15) is 5.26 Å². The molecule has 4 aromatic rings. The number of thiophene rings is 2. The first-order valence-corrected chi connectivity index (χ1v) is 11.1. The molecule has 140 valence electrons. The molecule has 2 nitrogen and oxygen atoms in total. The molecule has 0 amide bonds. The van der Waals surface area contributed by atoms with Crippen molar-refractivity contribution in [3.63, 3.8) is 0 Å². The summed E-state index contributed by atoms with van der Waals surface area (Å²) < 4.78 is 2.45. The normalized spacial score (nSPS) is 13.1. The minimum atomic E-state index is 0.245. The van der Waals surface area contributed by atoms with Crippen LogP contribution in [0.2, 0.25) is 0 Å². The van der Waals surface area contributed by atoms with Crippen LogP contribution in [-0.4, -0.2) is 11.7 Å². The van der Waals surface area contributed by atoms with Crippen molar-refractivity contribution in [2.75, 3.05) is 6.61 Å². The van der Waals surface area contributed by atoms with Gasteiger partial charge in [-0.25, -0.2) is 0 Å². The van der Waals surface area contributed by atoms with Crippen molar-refractivity contribution in [2.24, 2.45) is 0 Å². The highest BCUT2D eigenvalue weighted by Crippen LogP contribution is 2.35. The van der Waals surface area contributed by atoms with Gasteiger partial charge in [0.2, 0.25) is 0 Å². The van der Waals surface area contributed by atoms with Gasteiger partial charge in [0, 0.05) is 25.8 Å². The van der Waals surface area contributed by atoms with Crippen LogP contribution in [0, 0.1) is 11.3 Å². The number of benzene rings is 2. The first-order valence-electron chi connectivity index (χ1n) is 9.43. The smallest absolute Gasteiger partial charge is 0.101 e. The fourth-order valence-electron chi connectivity index (χ4n) is 3.43. The molecule has 0 spiro atoms. The lowest BCUT2D eigenvalue weighted by Gasteiger charge is -2.10. The highest BCUT2D eigenvalue weighted by molar-refractivity contribution is 7.21. The van der Waals surface area contributed by atoms with Crippen LogP contribution in [0.25, 0.3) is 31.8 Å². The van der Waals surface area contributed by atoms with Gasteiger partial charge in [-0.05, 0) is 65.4 Å². The predicted molar refractivity (Wildman–Crippen MR) is 122 cm³/mol. The lowest BCUT2D eigenvalue weighted by molar-refractivity contribution is 0.281. The molecule has 0 saturated heterocycles. The van der Waals surface area contributed by atoms with Crippen LogP contribution in [0.4, 0.5) is 0 Å². The van der Waals surface area contributed by atoms with E-state index in [2.05, 4.69) is 55.5 Å². The average molecular weight is 404 g/mol. The number of hydrogen-bond donors (Lipinski definition) is 1. The first kappa shape index (κ1) is 18.9. The number of fused-ring (bicyclic) bond motifs is 2. The van der Waals surface area contributed by atoms with Gasteiger partial charge < -0.3 is 5.11 Å². The molecule has 1 atom stereocenters. The Hall–Kier alpha value is -2.45. The maximum atomic E-state index is 9.71. The van der Waals surface area contributed by atoms with Crippen molar-refractivity contribution in [3.8, 4) is 6.07 Å². The predicted octanol–water partition coefficient (Wildman–Crippen LogP) is 7.06. The lowest BCUT2D eigenvalue weighted by Crippen LogP contribution is -1.95. The van der Waals surface area contributed by atoms with E-state index in [9.17, 15) is 5.26 Å². The molecule has 0 aliphatic heterocycles. The van der Waals surface area contributed by atoms with E-state index >= 15 is 0 Å². The number of hydrogen-bond acceptors (Lipinski definition) is 4. The van der Waals surface area contributed by atoms with Crippen molar-refractivity contribution in [2.45, 2.75) is 25.7 Å². The van der Waals surface area contributed by atoms with Gasteiger partial charge in [0.05, 0.1) is 5.57 Å². The summed E-state index contributed by atoms with van der Waals surface area (Å²) in [5.41, 5.74) is 2.02. The van der Waals surface area contributed by atoms with E-state index in [1.807, 2.05) is 18.2 Å². The Labute approximate surface area is 173 Å². The van der Waals surface area contributed by atoms with Gasteiger partial charge in [0.25, 0.3) is 0 Å². The molecule has 0 radical (unpaired) electrons. The molecule has 1 N–H and O–H groups in total. The Bertz CT molecular complexity index is 1160. The van der Waals surface area contributed by atoms with Crippen LogP contribution in [0.1, 0.15) is 41.0 Å². The molecule has 0 aliphatic rings. The number of rotatable bonds is 6. The van der Waals surface area contributed by atoms with Gasteiger partial charge >= 0.3 is 0 Å². The first-order chi connectivity index (χ1) is 13.7. The van der Waals surface area contributed by atoms with Crippen LogP contribution >= 0.6 is 22.7 Å². The van der Waals surface area contributed by atoms with Gasteiger partial charge in [-0.15, -0.1) is 22.7 Å². The molecule has 0 fully saturated rings. The van der Waals surface area contributed by atoms with Crippen molar-refractivity contribution >= 4 is 54.5 Å². The zero-order valence-electron chi connectivity index (χ0n) is 15.7. The molecule has 0 aliphatic carbocycles. The molecule has 2 aromatic carbocycles. The highest BCUT2D eigenvalue weighted by Gasteiger charge is 2.10. The Morgan fingerprint density at radius 2 is 1.89 bits per heavy atom. The minimum Gasteiger partial charge on any atom is -0.396 e. The number of allylic oxidation sites excluding steroid dienone is 1. The molecule has 4 rings (SSSR count). The monoisotopic (exact) mass is 403 g/mol. The van der Waals surface area contributed by atoms with Gasteiger partial charge in [0.1, 0.15) is 6.07 Å². The third kappa shape index (κ3) is 3.88. The topological polar surface area (TPSA) is 44.0 Å². The fourth-order valence-corrected chi connectivity index (χ4v) is 5.51. The van der Waals surface area contributed by atoms with Crippen molar-refractivity contribution < 1.29 is 5.11 Å². The zero-order chi connectivity index (χ0) is 19.5. The Morgan fingerprint density at radius 1 is 1.07 bits per heavy atom. The van der Waals surface area contributed by atoms with Crippen LogP contribution in [-0.2, 0) is 0 Å². The summed E-state index contributed by atoms with van der Waals surface area (Å²) in [7, 11) is 0. The van der Waals surface area contributed by atoms with Crippen LogP contribution < -0.4 is 0 Å². The van der Waals surface area contributed by atoms with Crippen LogP contribution in [0.5, 0.6) is 0 Å². The molecule has 1 unspecified atom stereocenters. The number of nitriles is 1. The number of aliphatic hydroxyl groups is 1. The summed E-state index contributed by atoms with van der Waals surface area (Å²) in [6.07, 6.45) is 3.83. The molecule has 4 heteroatoms.